The molecule has 0 bridgehead atoms. The maximum Gasteiger partial charge on any atom is 0.171 e. The normalized spacial score (nSPS) is 18.3. The highest BCUT2D eigenvalue weighted by Gasteiger charge is 2.17. The molecule has 0 radical (unpaired) electrons. The Bertz CT molecular complexity index is 747. The van der Waals surface area contributed by atoms with Crippen molar-refractivity contribution in [1.29, 1.82) is 0 Å². The number of hydrogen-bond donors (Lipinski definition) is 2. The van der Waals surface area contributed by atoms with Gasteiger partial charge >= 0.3 is 0 Å². The number of piperidine rings is 1. The van der Waals surface area contributed by atoms with Gasteiger partial charge in [-0.05, 0) is 67.7 Å². The van der Waals surface area contributed by atoms with Gasteiger partial charge < -0.3 is 15.5 Å². The minimum Gasteiger partial charge on any atom is -0.371 e. The van der Waals surface area contributed by atoms with Crippen LogP contribution in [-0.4, -0.2) is 18.2 Å². The van der Waals surface area contributed by atoms with E-state index >= 15 is 0 Å². The molecule has 1 fully saturated rings. The number of halogens is 1. The summed E-state index contributed by atoms with van der Waals surface area (Å²) >= 11 is 5.32. The summed E-state index contributed by atoms with van der Waals surface area (Å²) in [4.78, 5) is 2.46. The molecule has 3 nitrogen and oxygen atoms in total. The molecule has 0 spiro atoms. The van der Waals surface area contributed by atoms with E-state index in [1.165, 1.54) is 24.6 Å². The van der Waals surface area contributed by atoms with Crippen molar-refractivity contribution >= 4 is 28.7 Å². The topological polar surface area (TPSA) is 27.3 Å². The van der Waals surface area contributed by atoms with E-state index in [1.54, 1.807) is 18.2 Å². The fourth-order valence-electron chi connectivity index (χ4n) is 3.40. The van der Waals surface area contributed by atoms with Gasteiger partial charge in [0.25, 0.3) is 0 Å². The van der Waals surface area contributed by atoms with Crippen molar-refractivity contribution in [1.82, 2.24) is 5.32 Å². The van der Waals surface area contributed by atoms with Crippen molar-refractivity contribution in [2.24, 2.45) is 5.92 Å². The molecule has 2 aromatic carbocycles. The van der Waals surface area contributed by atoms with Crippen LogP contribution in [0, 0.1) is 11.7 Å². The van der Waals surface area contributed by atoms with E-state index < -0.39 is 0 Å². The second kappa shape index (κ2) is 8.49. The summed E-state index contributed by atoms with van der Waals surface area (Å²) in [5, 5.41) is 6.55. The van der Waals surface area contributed by atoms with Gasteiger partial charge in [0.1, 0.15) is 5.82 Å². The highest BCUT2D eigenvalue weighted by Crippen LogP contribution is 2.24. The van der Waals surface area contributed by atoms with Gasteiger partial charge in [-0.25, -0.2) is 4.39 Å². The third-order valence-electron chi connectivity index (χ3n) is 4.88. The van der Waals surface area contributed by atoms with Gasteiger partial charge in [-0.2, -0.15) is 0 Å². The summed E-state index contributed by atoms with van der Waals surface area (Å²) in [6.07, 6.45) is 2.58. The molecular formula is C21H26FN3S. The maximum atomic E-state index is 13.7. The van der Waals surface area contributed by atoms with Crippen LogP contribution < -0.4 is 15.5 Å². The molecule has 0 amide bonds. The van der Waals surface area contributed by atoms with Crippen molar-refractivity contribution in [3.63, 3.8) is 0 Å². The minimum atomic E-state index is -0.315. The molecule has 2 unspecified atom stereocenters. The number of thiocarbonyl (C=S) groups is 1. The van der Waals surface area contributed by atoms with Gasteiger partial charge in [0, 0.05) is 18.8 Å². The molecular weight excluding hydrogens is 345 g/mol. The number of rotatable bonds is 4. The first-order chi connectivity index (χ1) is 12.5. The SMILES string of the molecule is CC1CCCN(c2ccc(C(C)NC(=S)Nc3ccccc3F)cc2)C1. The molecule has 26 heavy (non-hydrogen) atoms. The van der Waals surface area contributed by atoms with E-state index in [0.29, 0.717) is 10.8 Å². The highest BCUT2D eigenvalue weighted by atomic mass is 32.1. The van der Waals surface area contributed by atoms with Crippen molar-refractivity contribution < 1.29 is 4.39 Å². The Hall–Kier alpha value is -2.14. The number of benzene rings is 2. The molecule has 5 heteroatoms. The Morgan fingerprint density at radius 1 is 1.19 bits per heavy atom. The second-order valence-corrected chi connectivity index (χ2v) is 7.49. The lowest BCUT2D eigenvalue weighted by Gasteiger charge is -2.33. The van der Waals surface area contributed by atoms with E-state index in [-0.39, 0.29) is 11.9 Å². The summed E-state index contributed by atoms with van der Waals surface area (Å²) < 4.78 is 13.7. The lowest BCUT2D eigenvalue weighted by atomic mass is 9.99. The summed E-state index contributed by atoms with van der Waals surface area (Å²) in [5.74, 6) is 0.440. The van der Waals surface area contributed by atoms with Crippen LogP contribution in [0.3, 0.4) is 0 Å². The lowest BCUT2D eigenvalue weighted by Crippen LogP contribution is -2.34. The van der Waals surface area contributed by atoms with Gasteiger partial charge in [-0.15, -0.1) is 0 Å². The van der Waals surface area contributed by atoms with Crippen LogP contribution in [0.4, 0.5) is 15.8 Å². The zero-order valence-corrected chi connectivity index (χ0v) is 16.2. The van der Waals surface area contributed by atoms with Crippen LogP contribution in [0.2, 0.25) is 0 Å². The number of anilines is 2. The Labute approximate surface area is 160 Å². The molecule has 1 heterocycles. The Balaban J connectivity index is 1.58. The Morgan fingerprint density at radius 2 is 1.92 bits per heavy atom. The third kappa shape index (κ3) is 4.73. The largest absolute Gasteiger partial charge is 0.371 e. The molecule has 0 saturated carbocycles. The summed E-state index contributed by atoms with van der Waals surface area (Å²) in [7, 11) is 0. The van der Waals surface area contributed by atoms with Gasteiger partial charge in [-0.3, -0.25) is 0 Å². The Morgan fingerprint density at radius 3 is 2.62 bits per heavy atom. The zero-order valence-electron chi connectivity index (χ0n) is 15.3. The van der Waals surface area contributed by atoms with Crippen molar-refractivity contribution in [2.45, 2.75) is 32.7 Å². The van der Waals surface area contributed by atoms with Crippen LogP contribution in [0.5, 0.6) is 0 Å². The first-order valence-corrected chi connectivity index (χ1v) is 9.60. The predicted octanol–water partition coefficient (Wildman–Crippen LogP) is 5.11. The monoisotopic (exact) mass is 371 g/mol. The first-order valence-electron chi connectivity index (χ1n) is 9.20. The maximum absolute atomic E-state index is 13.7. The fourth-order valence-corrected chi connectivity index (χ4v) is 3.69. The molecule has 2 atom stereocenters. The number of hydrogen-bond acceptors (Lipinski definition) is 2. The Kier molecular flexibility index (Phi) is 6.09. The van der Waals surface area contributed by atoms with E-state index in [9.17, 15) is 4.39 Å². The van der Waals surface area contributed by atoms with Crippen LogP contribution >= 0.6 is 12.2 Å². The van der Waals surface area contributed by atoms with Crippen molar-refractivity contribution in [2.75, 3.05) is 23.3 Å². The minimum absolute atomic E-state index is 0.0381. The van der Waals surface area contributed by atoms with Crippen LogP contribution in [0.25, 0.3) is 0 Å². The van der Waals surface area contributed by atoms with Crippen molar-refractivity contribution in [3.8, 4) is 0 Å². The molecule has 3 rings (SSSR count). The van der Waals surface area contributed by atoms with Crippen molar-refractivity contribution in [3.05, 3.63) is 59.9 Å². The van der Waals surface area contributed by atoms with E-state index in [1.807, 2.05) is 6.92 Å². The lowest BCUT2D eigenvalue weighted by molar-refractivity contribution is 0.447. The second-order valence-electron chi connectivity index (χ2n) is 7.08. The highest BCUT2D eigenvalue weighted by molar-refractivity contribution is 7.80. The molecule has 2 N–H and O–H groups in total. The molecule has 2 aromatic rings. The quantitative estimate of drug-likeness (QED) is 0.731. The van der Waals surface area contributed by atoms with Gasteiger partial charge in [0.05, 0.1) is 11.7 Å². The summed E-state index contributed by atoms with van der Waals surface area (Å²) in [5.41, 5.74) is 2.81. The number of nitrogens with zero attached hydrogens (tertiary/aromatic N) is 1. The third-order valence-corrected chi connectivity index (χ3v) is 5.10. The van der Waals surface area contributed by atoms with Gasteiger partial charge in [-0.1, -0.05) is 31.2 Å². The zero-order chi connectivity index (χ0) is 18.5. The smallest absolute Gasteiger partial charge is 0.171 e. The van der Waals surface area contributed by atoms with Gasteiger partial charge in [0.15, 0.2) is 5.11 Å². The van der Waals surface area contributed by atoms with E-state index in [0.717, 1.165) is 24.6 Å². The molecule has 138 valence electrons. The van der Waals surface area contributed by atoms with E-state index in [2.05, 4.69) is 46.7 Å². The average Bonchev–Trinajstić information content (AvgIpc) is 2.64. The van der Waals surface area contributed by atoms with Crippen LogP contribution in [0.15, 0.2) is 48.5 Å². The van der Waals surface area contributed by atoms with Crippen LogP contribution in [0.1, 0.15) is 38.3 Å². The van der Waals surface area contributed by atoms with Gasteiger partial charge in [0.2, 0.25) is 0 Å². The molecule has 0 aliphatic carbocycles. The number of para-hydroxylation sites is 1. The number of nitrogens with one attached hydrogen (secondary N) is 2. The molecule has 0 aromatic heterocycles. The fraction of sp³-hybridized carbons (Fsp3) is 0.381. The summed E-state index contributed by atoms with van der Waals surface area (Å²) in [6, 6.07) is 15.2. The standard InChI is InChI=1S/C21H26FN3S/c1-15-6-5-13-25(14-15)18-11-9-17(10-12-18)16(2)23-21(26)24-20-8-4-3-7-19(20)22/h3-4,7-12,15-16H,5-6,13-14H2,1-2H3,(H2,23,24,26). The average molecular weight is 372 g/mol. The molecule has 1 aliphatic rings. The molecule has 1 aliphatic heterocycles. The van der Waals surface area contributed by atoms with E-state index in [4.69, 9.17) is 12.2 Å². The predicted molar refractivity (Wildman–Crippen MR) is 111 cm³/mol. The first kappa shape index (κ1) is 18.6. The summed E-state index contributed by atoms with van der Waals surface area (Å²) in [6.45, 7) is 6.63. The van der Waals surface area contributed by atoms with Crippen LogP contribution in [-0.2, 0) is 0 Å². The molecule has 1 saturated heterocycles.